The van der Waals surface area contributed by atoms with Gasteiger partial charge in [-0.2, -0.15) is 0 Å². The number of carbonyl (C=O) groups is 2. The number of amides is 1. The Morgan fingerprint density at radius 3 is 2.32 bits per heavy atom. The number of ether oxygens (including phenoxy) is 3. The SMILES string of the molecule is CCC(C)C(=O)OC(C)C(=O)Nc1ccc(OC)c(OC)c1. The van der Waals surface area contributed by atoms with Gasteiger partial charge in [-0.1, -0.05) is 13.8 Å². The standard InChI is InChI=1S/C16H23NO5/c1-6-10(2)16(19)22-11(3)15(18)17-12-7-8-13(20-4)14(9-12)21-5/h7-11H,6H2,1-5H3,(H,17,18). The van der Waals surface area contributed by atoms with Crippen LogP contribution in [0.25, 0.3) is 0 Å². The van der Waals surface area contributed by atoms with Crippen LogP contribution >= 0.6 is 0 Å². The maximum atomic E-state index is 12.1. The van der Waals surface area contributed by atoms with Crippen molar-refractivity contribution in [2.75, 3.05) is 19.5 Å². The highest BCUT2D eigenvalue weighted by Crippen LogP contribution is 2.29. The lowest BCUT2D eigenvalue weighted by Crippen LogP contribution is -2.31. The second kappa shape index (κ2) is 8.26. The average Bonchev–Trinajstić information content (AvgIpc) is 2.53. The minimum Gasteiger partial charge on any atom is -0.493 e. The van der Waals surface area contributed by atoms with Crippen molar-refractivity contribution in [3.8, 4) is 11.5 Å². The predicted octanol–water partition coefficient (Wildman–Crippen LogP) is 2.62. The van der Waals surface area contributed by atoms with Crippen molar-refractivity contribution in [2.45, 2.75) is 33.3 Å². The van der Waals surface area contributed by atoms with Crippen molar-refractivity contribution in [1.29, 1.82) is 0 Å². The summed E-state index contributed by atoms with van der Waals surface area (Å²) in [5, 5.41) is 2.68. The van der Waals surface area contributed by atoms with Crippen LogP contribution in [0.1, 0.15) is 27.2 Å². The minimum atomic E-state index is -0.866. The van der Waals surface area contributed by atoms with Crippen LogP contribution in [0.3, 0.4) is 0 Å². The summed E-state index contributed by atoms with van der Waals surface area (Å²) < 4.78 is 15.4. The van der Waals surface area contributed by atoms with Gasteiger partial charge in [-0.3, -0.25) is 9.59 Å². The van der Waals surface area contributed by atoms with Crippen molar-refractivity contribution in [2.24, 2.45) is 5.92 Å². The molecule has 0 bridgehead atoms. The molecule has 0 heterocycles. The Morgan fingerprint density at radius 2 is 1.77 bits per heavy atom. The summed E-state index contributed by atoms with van der Waals surface area (Å²) in [7, 11) is 3.05. The zero-order chi connectivity index (χ0) is 16.7. The summed E-state index contributed by atoms with van der Waals surface area (Å²) >= 11 is 0. The van der Waals surface area contributed by atoms with E-state index in [0.29, 0.717) is 23.6 Å². The van der Waals surface area contributed by atoms with E-state index in [-0.39, 0.29) is 11.9 Å². The summed E-state index contributed by atoms with van der Waals surface area (Å²) in [4.78, 5) is 23.7. The first-order chi connectivity index (χ1) is 10.4. The van der Waals surface area contributed by atoms with Gasteiger partial charge in [0.15, 0.2) is 17.6 Å². The van der Waals surface area contributed by atoms with Gasteiger partial charge in [0.05, 0.1) is 20.1 Å². The first-order valence-electron chi connectivity index (χ1n) is 7.16. The third-order valence-electron chi connectivity index (χ3n) is 3.33. The number of hydrogen-bond acceptors (Lipinski definition) is 5. The first kappa shape index (κ1) is 17.8. The topological polar surface area (TPSA) is 73.9 Å². The van der Waals surface area contributed by atoms with Crippen LogP contribution in [-0.4, -0.2) is 32.2 Å². The van der Waals surface area contributed by atoms with Crippen LogP contribution in [-0.2, 0) is 14.3 Å². The largest absolute Gasteiger partial charge is 0.493 e. The van der Waals surface area contributed by atoms with Gasteiger partial charge < -0.3 is 19.5 Å². The zero-order valence-electron chi connectivity index (χ0n) is 13.6. The summed E-state index contributed by atoms with van der Waals surface area (Å²) in [6.07, 6.45) is -0.197. The van der Waals surface area contributed by atoms with Crippen LogP contribution < -0.4 is 14.8 Å². The van der Waals surface area contributed by atoms with Crippen molar-refractivity contribution < 1.29 is 23.8 Å². The van der Waals surface area contributed by atoms with Crippen molar-refractivity contribution in [1.82, 2.24) is 0 Å². The van der Waals surface area contributed by atoms with Crippen molar-refractivity contribution >= 4 is 17.6 Å². The number of benzene rings is 1. The van der Waals surface area contributed by atoms with E-state index in [4.69, 9.17) is 14.2 Å². The van der Waals surface area contributed by atoms with E-state index >= 15 is 0 Å². The molecule has 0 aliphatic carbocycles. The maximum absolute atomic E-state index is 12.1. The molecular formula is C16H23NO5. The van der Waals surface area contributed by atoms with Crippen molar-refractivity contribution in [3.05, 3.63) is 18.2 Å². The highest BCUT2D eigenvalue weighted by molar-refractivity contribution is 5.95. The van der Waals surface area contributed by atoms with Gasteiger partial charge >= 0.3 is 5.97 Å². The van der Waals surface area contributed by atoms with E-state index in [1.165, 1.54) is 21.1 Å². The van der Waals surface area contributed by atoms with E-state index in [1.807, 2.05) is 6.92 Å². The molecule has 6 nitrogen and oxygen atoms in total. The first-order valence-corrected chi connectivity index (χ1v) is 7.16. The van der Waals surface area contributed by atoms with E-state index in [2.05, 4.69) is 5.32 Å². The maximum Gasteiger partial charge on any atom is 0.309 e. The highest BCUT2D eigenvalue weighted by Gasteiger charge is 2.21. The van der Waals surface area contributed by atoms with Gasteiger partial charge in [0.25, 0.3) is 5.91 Å². The van der Waals surface area contributed by atoms with Crippen LogP contribution in [0, 0.1) is 5.92 Å². The highest BCUT2D eigenvalue weighted by atomic mass is 16.5. The fourth-order valence-corrected chi connectivity index (χ4v) is 1.67. The van der Waals surface area contributed by atoms with Gasteiger partial charge in [0.1, 0.15) is 0 Å². The molecule has 122 valence electrons. The number of carbonyl (C=O) groups excluding carboxylic acids is 2. The number of anilines is 1. The van der Waals surface area contributed by atoms with Crippen LogP contribution in [0.4, 0.5) is 5.69 Å². The molecule has 2 unspecified atom stereocenters. The average molecular weight is 309 g/mol. The lowest BCUT2D eigenvalue weighted by atomic mass is 10.1. The quantitative estimate of drug-likeness (QED) is 0.784. The molecular weight excluding hydrogens is 286 g/mol. The Labute approximate surface area is 130 Å². The predicted molar refractivity (Wildman–Crippen MR) is 83.2 cm³/mol. The Kier molecular flexibility index (Phi) is 6.69. The number of nitrogens with one attached hydrogen (secondary N) is 1. The second-order valence-corrected chi connectivity index (χ2v) is 4.95. The molecule has 1 aromatic rings. The molecule has 0 radical (unpaired) electrons. The lowest BCUT2D eigenvalue weighted by Gasteiger charge is -2.16. The molecule has 1 rings (SSSR count). The van der Waals surface area contributed by atoms with Gasteiger partial charge in [-0.25, -0.2) is 0 Å². The third kappa shape index (κ3) is 4.65. The summed E-state index contributed by atoms with van der Waals surface area (Å²) in [6, 6.07) is 5.01. The summed E-state index contributed by atoms with van der Waals surface area (Å²) in [5.41, 5.74) is 0.536. The zero-order valence-corrected chi connectivity index (χ0v) is 13.6. The molecule has 0 spiro atoms. The molecule has 1 aromatic carbocycles. The molecule has 1 N–H and O–H groups in total. The van der Waals surface area contributed by atoms with E-state index in [9.17, 15) is 9.59 Å². The monoisotopic (exact) mass is 309 g/mol. The fourth-order valence-electron chi connectivity index (χ4n) is 1.67. The normalized spacial score (nSPS) is 13.0. The van der Waals surface area contributed by atoms with Gasteiger partial charge in [-0.15, -0.1) is 0 Å². The Bertz CT molecular complexity index is 529. The second-order valence-electron chi connectivity index (χ2n) is 4.95. The third-order valence-corrected chi connectivity index (χ3v) is 3.33. The van der Waals surface area contributed by atoms with E-state index in [1.54, 1.807) is 25.1 Å². The fraction of sp³-hybridized carbons (Fsp3) is 0.500. The Morgan fingerprint density at radius 1 is 1.14 bits per heavy atom. The minimum absolute atomic E-state index is 0.226. The molecule has 22 heavy (non-hydrogen) atoms. The molecule has 0 aliphatic rings. The van der Waals surface area contributed by atoms with Crippen LogP contribution in [0.2, 0.25) is 0 Å². The van der Waals surface area contributed by atoms with Crippen LogP contribution in [0.15, 0.2) is 18.2 Å². The molecule has 2 atom stereocenters. The number of rotatable bonds is 7. The molecule has 0 aliphatic heterocycles. The van der Waals surface area contributed by atoms with Crippen LogP contribution in [0.5, 0.6) is 11.5 Å². The van der Waals surface area contributed by atoms with Gasteiger partial charge in [-0.05, 0) is 25.5 Å². The number of esters is 1. The number of methoxy groups -OCH3 is 2. The van der Waals surface area contributed by atoms with Gasteiger partial charge in [0.2, 0.25) is 0 Å². The summed E-state index contributed by atoms with van der Waals surface area (Å²) in [6.45, 7) is 5.19. The Balaban J connectivity index is 2.70. The summed E-state index contributed by atoms with van der Waals surface area (Å²) in [5.74, 6) is 0.0685. The van der Waals surface area contributed by atoms with Crippen molar-refractivity contribution in [3.63, 3.8) is 0 Å². The lowest BCUT2D eigenvalue weighted by molar-refractivity contribution is -0.156. The van der Waals surface area contributed by atoms with E-state index < -0.39 is 12.0 Å². The molecule has 0 fully saturated rings. The molecule has 0 saturated heterocycles. The molecule has 0 saturated carbocycles. The molecule has 6 heteroatoms. The van der Waals surface area contributed by atoms with E-state index in [0.717, 1.165) is 0 Å². The Hall–Kier alpha value is -2.24. The smallest absolute Gasteiger partial charge is 0.309 e. The molecule has 1 amide bonds. The number of hydrogen-bond donors (Lipinski definition) is 1. The molecule has 0 aromatic heterocycles. The van der Waals surface area contributed by atoms with Gasteiger partial charge in [0, 0.05) is 11.8 Å².